The molecule has 0 aliphatic heterocycles. The highest BCUT2D eigenvalue weighted by Gasteiger charge is 2.27. The van der Waals surface area contributed by atoms with Gasteiger partial charge in [0.15, 0.2) is 0 Å². The molecule has 0 fully saturated rings. The summed E-state index contributed by atoms with van der Waals surface area (Å²) in [7, 11) is -3.77. The molecule has 136 valence electrons. The fraction of sp³-hybridized carbons (Fsp3) is 0.588. The molecule has 0 aromatic heterocycles. The predicted octanol–water partition coefficient (Wildman–Crippen LogP) is 2.75. The molecule has 1 aromatic rings. The van der Waals surface area contributed by atoms with Gasteiger partial charge in [0.25, 0.3) is 0 Å². The Morgan fingerprint density at radius 3 is 2.42 bits per heavy atom. The average Bonchev–Trinajstić information content (AvgIpc) is 2.48. The van der Waals surface area contributed by atoms with Crippen molar-refractivity contribution in [1.82, 2.24) is 4.31 Å². The molecule has 1 aromatic carbocycles. The van der Waals surface area contributed by atoms with Crippen LogP contribution < -0.4 is 4.74 Å². The summed E-state index contributed by atoms with van der Waals surface area (Å²) >= 11 is 0. The number of rotatable bonds is 9. The first-order valence-electron chi connectivity index (χ1n) is 8.15. The molecule has 0 aliphatic rings. The molecule has 7 heteroatoms. The molecule has 0 heterocycles. The maximum atomic E-state index is 12.8. The van der Waals surface area contributed by atoms with E-state index in [1.54, 1.807) is 26.0 Å². The minimum absolute atomic E-state index is 0.00608. The van der Waals surface area contributed by atoms with Crippen LogP contribution in [0.5, 0.6) is 5.75 Å². The highest BCUT2D eigenvalue weighted by atomic mass is 32.2. The van der Waals surface area contributed by atoms with Gasteiger partial charge in [0, 0.05) is 6.54 Å². The minimum atomic E-state index is -3.77. The Kier molecular flexibility index (Phi) is 7.69. The summed E-state index contributed by atoms with van der Waals surface area (Å²) in [6, 6.07) is 4.73. The second-order valence-corrected chi connectivity index (χ2v) is 7.68. The summed E-state index contributed by atoms with van der Waals surface area (Å²) < 4.78 is 37.3. The van der Waals surface area contributed by atoms with Gasteiger partial charge >= 0.3 is 5.97 Å². The number of hydrogen-bond acceptors (Lipinski definition) is 5. The molecule has 0 aliphatic carbocycles. The van der Waals surface area contributed by atoms with E-state index in [1.165, 1.54) is 6.07 Å². The van der Waals surface area contributed by atoms with Crippen molar-refractivity contribution in [1.29, 1.82) is 0 Å². The number of ether oxygens (including phenoxy) is 2. The standard InChI is InChI=1S/C17H27NO5S/c1-6-10-18(12-17(19)22-7-2)24(20,21)15-8-9-16(14(5)11-15)23-13(3)4/h8-9,11,13H,6-7,10,12H2,1-5H3. The lowest BCUT2D eigenvalue weighted by Gasteiger charge is -2.21. The lowest BCUT2D eigenvalue weighted by atomic mass is 10.2. The average molecular weight is 357 g/mol. The second-order valence-electron chi connectivity index (χ2n) is 5.74. The molecule has 0 saturated carbocycles. The van der Waals surface area contributed by atoms with Crippen molar-refractivity contribution in [2.75, 3.05) is 19.7 Å². The largest absolute Gasteiger partial charge is 0.491 e. The Morgan fingerprint density at radius 1 is 1.25 bits per heavy atom. The van der Waals surface area contributed by atoms with Crippen LogP contribution in [0.25, 0.3) is 0 Å². The maximum Gasteiger partial charge on any atom is 0.321 e. The third kappa shape index (κ3) is 5.49. The van der Waals surface area contributed by atoms with Crippen LogP contribution in [-0.4, -0.2) is 44.5 Å². The molecule has 0 spiro atoms. The number of benzene rings is 1. The molecule has 6 nitrogen and oxygen atoms in total. The van der Waals surface area contributed by atoms with Crippen LogP contribution in [-0.2, 0) is 19.6 Å². The normalized spacial score (nSPS) is 11.8. The van der Waals surface area contributed by atoms with Crippen LogP contribution in [0.4, 0.5) is 0 Å². The molecule has 0 amide bonds. The molecule has 1 rings (SSSR count). The van der Waals surface area contributed by atoms with Gasteiger partial charge in [-0.3, -0.25) is 4.79 Å². The van der Waals surface area contributed by atoms with E-state index in [0.29, 0.717) is 12.2 Å². The Hall–Kier alpha value is -1.60. The Labute approximate surface area is 144 Å². The summed E-state index contributed by atoms with van der Waals surface area (Å²) in [5.41, 5.74) is 0.734. The van der Waals surface area contributed by atoms with E-state index < -0.39 is 16.0 Å². The van der Waals surface area contributed by atoms with Crippen LogP contribution in [0.2, 0.25) is 0 Å². The van der Waals surface area contributed by atoms with E-state index in [9.17, 15) is 13.2 Å². The number of aryl methyl sites for hydroxylation is 1. The van der Waals surface area contributed by atoms with E-state index in [2.05, 4.69) is 0 Å². The molecule has 0 atom stereocenters. The Morgan fingerprint density at radius 2 is 1.92 bits per heavy atom. The lowest BCUT2D eigenvalue weighted by molar-refractivity contribution is -0.143. The van der Waals surface area contributed by atoms with Crippen LogP contribution in [0, 0.1) is 6.92 Å². The summed E-state index contributed by atoms with van der Waals surface area (Å²) in [4.78, 5) is 11.8. The quantitative estimate of drug-likeness (QED) is 0.636. The SMILES string of the molecule is CCCN(CC(=O)OCC)S(=O)(=O)c1ccc(OC(C)C)c(C)c1. The smallest absolute Gasteiger partial charge is 0.321 e. The predicted molar refractivity (Wildman–Crippen MR) is 92.6 cm³/mol. The monoisotopic (exact) mass is 357 g/mol. The second kappa shape index (κ2) is 9.03. The van der Waals surface area contributed by atoms with Crippen molar-refractivity contribution in [3.63, 3.8) is 0 Å². The third-order valence-electron chi connectivity index (χ3n) is 3.23. The van der Waals surface area contributed by atoms with Gasteiger partial charge in [-0.1, -0.05) is 6.92 Å². The van der Waals surface area contributed by atoms with Crippen LogP contribution in [0.3, 0.4) is 0 Å². The van der Waals surface area contributed by atoms with Crippen molar-refractivity contribution < 1.29 is 22.7 Å². The van der Waals surface area contributed by atoms with E-state index in [4.69, 9.17) is 9.47 Å². The summed E-state index contributed by atoms with van der Waals surface area (Å²) in [5, 5.41) is 0. The van der Waals surface area contributed by atoms with Crippen molar-refractivity contribution in [3.05, 3.63) is 23.8 Å². The Bertz CT molecular complexity index is 655. The number of hydrogen-bond donors (Lipinski definition) is 0. The zero-order chi connectivity index (χ0) is 18.3. The van der Waals surface area contributed by atoms with Gasteiger partial charge in [-0.05, 0) is 57.9 Å². The van der Waals surface area contributed by atoms with Gasteiger partial charge in [-0.2, -0.15) is 4.31 Å². The van der Waals surface area contributed by atoms with E-state index in [1.807, 2.05) is 20.8 Å². The topological polar surface area (TPSA) is 72.9 Å². The van der Waals surface area contributed by atoms with Crippen LogP contribution in [0.1, 0.15) is 39.7 Å². The number of esters is 1. The van der Waals surface area contributed by atoms with Gasteiger partial charge in [-0.15, -0.1) is 0 Å². The summed E-state index contributed by atoms with van der Waals surface area (Å²) in [5.74, 6) is 0.0994. The molecule has 0 radical (unpaired) electrons. The minimum Gasteiger partial charge on any atom is -0.491 e. The summed E-state index contributed by atoms with van der Waals surface area (Å²) in [6.07, 6.45) is 0.609. The first kappa shape index (κ1) is 20.4. The van der Waals surface area contributed by atoms with E-state index in [-0.39, 0.29) is 30.7 Å². The van der Waals surface area contributed by atoms with E-state index >= 15 is 0 Å². The number of carbonyl (C=O) groups excluding carboxylic acids is 1. The van der Waals surface area contributed by atoms with Crippen LogP contribution in [0.15, 0.2) is 23.1 Å². The van der Waals surface area contributed by atoms with Crippen molar-refractivity contribution in [2.24, 2.45) is 0 Å². The first-order chi connectivity index (χ1) is 11.2. The van der Waals surface area contributed by atoms with Crippen LogP contribution >= 0.6 is 0 Å². The molecule has 0 bridgehead atoms. The number of sulfonamides is 1. The molecule has 0 N–H and O–H groups in total. The lowest BCUT2D eigenvalue weighted by Crippen LogP contribution is -2.37. The highest BCUT2D eigenvalue weighted by Crippen LogP contribution is 2.25. The van der Waals surface area contributed by atoms with Gasteiger partial charge < -0.3 is 9.47 Å². The van der Waals surface area contributed by atoms with Gasteiger partial charge in [-0.25, -0.2) is 8.42 Å². The number of nitrogens with zero attached hydrogens (tertiary/aromatic N) is 1. The van der Waals surface area contributed by atoms with Gasteiger partial charge in [0.1, 0.15) is 12.3 Å². The fourth-order valence-corrected chi connectivity index (χ4v) is 3.76. The summed E-state index contributed by atoms with van der Waals surface area (Å²) in [6.45, 7) is 9.36. The van der Waals surface area contributed by atoms with Gasteiger partial charge in [0.05, 0.1) is 17.6 Å². The van der Waals surface area contributed by atoms with Crippen molar-refractivity contribution in [2.45, 2.75) is 52.0 Å². The van der Waals surface area contributed by atoms with E-state index in [0.717, 1.165) is 9.87 Å². The van der Waals surface area contributed by atoms with Gasteiger partial charge in [0.2, 0.25) is 10.0 Å². The first-order valence-corrected chi connectivity index (χ1v) is 9.59. The third-order valence-corrected chi connectivity index (χ3v) is 5.07. The maximum absolute atomic E-state index is 12.8. The highest BCUT2D eigenvalue weighted by molar-refractivity contribution is 7.89. The molecule has 0 saturated heterocycles. The molecular formula is C17H27NO5S. The zero-order valence-corrected chi connectivity index (χ0v) is 15.9. The van der Waals surface area contributed by atoms with Crippen molar-refractivity contribution in [3.8, 4) is 5.75 Å². The zero-order valence-electron chi connectivity index (χ0n) is 15.0. The number of carbonyl (C=O) groups is 1. The molecule has 0 unspecified atom stereocenters. The van der Waals surface area contributed by atoms with Crippen molar-refractivity contribution >= 4 is 16.0 Å². The molecule has 24 heavy (non-hydrogen) atoms. The Balaban J connectivity index is 3.10. The molecular weight excluding hydrogens is 330 g/mol. The fourth-order valence-electron chi connectivity index (χ4n) is 2.20.